The third-order valence-electron chi connectivity index (χ3n) is 11.1. The van der Waals surface area contributed by atoms with Crippen LogP contribution in [0.25, 0.3) is 0 Å². The molecule has 8 unspecified atom stereocenters. The number of hydrogen-bond donors (Lipinski definition) is 3. The third-order valence-corrected chi connectivity index (χ3v) is 11.1. The highest BCUT2D eigenvalue weighted by atomic mass is 16.5. The van der Waals surface area contributed by atoms with Gasteiger partial charge in [-0.25, -0.2) is 0 Å². The molecule has 5 N–H and O–H groups in total. The number of piperidine rings is 3. The van der Waals surface area contributed by atoms with Gasteiger partial charge in [-0.3, -0.25) is 9.59 Å². The monoisotopic (exact) mass is 516 g/mol. The lowest BCUT2D eigenvalue weighted by Crippen LogP contribution is -3.06. The van der Waals surface area contributed by atoms with E-state index >= 15 is 0 Å². The molecule has 2 aliphatic carbocycles. The minimum atomic E-state index is -0.431. The molecule has 0 radical (unpaired) electrons. The Morgan fingerprint density at radius 3 is 2.49 bits per heavy atom. The minimum absolute atomic E-state index is 0.0380. The van der Waals surface area contributed by atoms with Gasteiger partial charge in [-0.05, 0) is 78.6 Å². The average molecular weight is 517 g/mol. The molecule has 6 fully saturated rings. The molecule has 6 aliphatic rings. The van der Waals surface area contributed by atoms with Crippen LogP contribution >= 0.6 is 0 Å². The maximum atomic E-state index is 13.8. The molecule has 2 amide bonds. The quantitative estimate of drug-likeness (QED) is 0.526. The molecule has 9 atom stereocenters. The molecule has 0 aromatic carbocycles. The van der Waals surface area contributed by atoms with Gasteiger partial charge in [0.05, 0.1) is 29.8 Å². The number of amides is 2. The van der Waals surface area contributed by atoms with Crippen LogP contribution < -0.4 is 16.0 Å². The van der Waals surface area contributed by atoms with Gasteiger partial charge < -0.3 is 25.6 Å². The Morgan fingerprint density at radius 1 is 1.00 bits per heavy atom. The largest absolute Gasteiger partial charge is 0.365 e. The van der Waals surface area contributed by atoms with Crippen LogP contribution in [0.4, 0.5) is 0 Å². The van der Waals surface area contributed by atoms with Crippen molar-refractivity contribution in [1.29, 1.82) is 0 Å². The first kappa shape index (κ1) is 26.1. The van der Waals surface area contributed by atoms with E-state index in [2.05, 4.69) is 48.5 Å². The predicted molar refractivity (Wildman–Crippen MR) is 141 cm³/mol. The fourth-order valence-electron chi connectivity index (χ4n) is 10.4. The van der Waals surface area contributed by atoms with Crippen molar-refractivity contribution in [3.8, 4) is 0 Å². The first-order valence-electron chi connectivity index (χ1n) is 15.5. The second kappa shape index (κ2) is 9.48. The van der Waals surface area contributed by atoms with Crippen LogP contribution in [0.15, 0.2) is 0 Å². The molecule has 0 bridgehead atoms. The number of fused-ring (bicyclic) bond motifs is 5. The molecule has 6 rings (SSSR count). The summed E-state index contributed by atoms with van der Waals surface area (Å²) in [5.41, 5.74) is 0.252. The summed E-state index contributed by atoms with van der Waals surface area (Å²) in [5, 5.41) is 8.39. The predicted octanol–water partition coefficient (Wildman–Crippen LogP) is 1.31. The van der Waals surface area contributed by atoms with Gasteiger partial charge in [0.15, 0.2) is 0 Å². The molecule has 208 valence electrons. The molecule has 4 saturated heterocycles. The number of carbonyl (C=O) groups excluding carboxylic acids is 2. The summed E-state index contributed by atoms with van der Waals surface area (Å²) < 4.78 is 6.49. The number of rotatable bonds is 4. The van der Waals surface area contributed by atoms with Crippen molar-refractivity contribution in [2.45, 2.75) is 146 Å². The van der Waals surface area contributed by atoms with Gasteiger partial charge in [0.25, 0.3) is 0 Å². The summed E-state index contributed by atoms with van der Waals surface area (Å²) in [6, 6.07) is 1.63. The Morgan fingerprint density at radius 2 is 1.73 bits per heavy atom. The van der Waals surface area contributed by atoms with E-state index < -0.39 is 6.10 Å². The van der Waals surface area contributed by atoms with E-state index in [0.717, 1.165) is 38.5 Å². The Kier molecular flexibility index (Phi) is 6.68. The Hall–Kier alpha value is -1.18. The van der Waals surface area contributed by atoms with Gasteiger partial charge in [0.2, 0.25) is 11.8 Å². The highest BCUT2D eigenvalue weighted by molar-refractivity contribution is 5.82. The van der Waals surface area contributed by atoms with Gasteiger partial charge in [-0.1, -0.05) is 12.8 Å². The zero-order valence-electron chi connectivity index (χ0n) is 23.9. The molecule has 0 aromatic heterocycles. The number of nitrogens with zero attached hydrogens (tertiary/aromatic N) is 1. The lowest BCUT2D eigenvalue weighted by Gasteiger charge is -2.50. The summed E-state index contributed by atoms with van der Waals surface area (Å²) >= 11 is 0. The van der Waals surface area contributed by atoms with Gasteiger partial charge in [0.1, 0.15) is 12.1 Å². The second-order valence-corrected chi connectivity index (χ2v) is 15.0. The van der Waals surface area contributed by atoms with Gasteiger partial charge in [-0.15, -0.1) is 0 Å². The Balaban J connectivity index is 1.10. The lowest BCUT2D eigenvalue weighted by molar-refractivity contribution is -0.788. The van der Waals surface area contributed by atoms with E-state index in [9.17, 15) is 9.59 Å². The summed E-state index contributed by atoms with van der Waals surface area (Å²) in [4.78, 5) is 29.4. The van der Waals surface area contributed by atoms with Crippen molar-refractivity contribution in [3.63, 3.8) is 0 Å². The minimum Gasteiger partial charge on any atom is -0.365 e. The van der Waals surface area contributed by atoms with Crippen molar-refractivity contribution in [2.24, 2.45) is 23.7 Å². The van der Waals surface area contributed by atoms with Gasteiger partial charge >= 0.3 is 0 Å². The van der Waals surface area contributed by atoms with Crippen LogP contribution in [0.1, 0.15) is 98.8 Å². The molecule has 7 heteroatoms. The van der Waals surface area contributed by atoms with Crippen molar-refractivity contribution in [3.05, 3.63) is 0 Å². The highest BCUT2D eigenvalue weighted by Crippen LogP contribution is 2.53. The first-order chi connectivity index (χ1) is 17.5. The van der Waals surface area contributed by atoms with Crippen molar-refractivity contribution < 1.29 is 25.0 Å². The summed E-state index contributed by atoms with van der Waals surface area (Å²) in [6.07, 6.45) is 10.7. The van der Waals surface area contributed by atoms with Crippen molar-refractivity contribution in [2.75, 3.05) is 6.54 Å². The number of hydrogen-bond acceptors (Lipinski definition) is 3. The topological polar surface area (TPSA) is 91.9 Å². The average Bonchev–Trinajstić information content (AvgIpc) is 3.15. The summed E-state index contributed by atoms with van der Waals surface area (Å²) in [6.45, 7) is 12.2. The van der Waals surface area contributed by atoms with Gasteiger partial charge in [0, 0.05) is 43.2 Å². The van der Waals surface area contributed by atoms with Crippen molar-refractivity contribution >= 4 is 11.8 Å². The van der Waals surface area contributed by atoms with Gasteiger partial charge in [-0.2, -0.15) is 0 Å². The Labute approximate surface area is 223 Å². The van der Waals surface area contributed by atoms with Crippen LogP contribution in [-0.2, 0) is 14.3 Å². The van der Waals surface area contributed by atoms with Crippen molar-refractivity contribution in [1.82, 2.24) is 10.2 Å². The molecular formula is C30H52N4O3+2. The number of carbonyl (C=O) groups is 2. The van der Waals surface area contributed by atoms with E-state index in [-0.39, 0.29) is 35.0 Å². The molecule has 4 aliphatic heterocycles. The number of nitrogens with two attached hydrogens (primary N) is 2. The number of quaternary nitrogens is 2. The van der Waals surface area contributed by atoms with E-state index in [0.29, 0.717) is 41.8 Å². The zero-order chi connectivity index (χ0) is 26.1. The number of ether oxygens (including phenoxy) is 1. The molecule has 7 nitrogen and oxygen atoms in total. The molecular weight excluding hydrogens is 464 g/mol. The molecule has 2 saturated carbocycles. The zero-order valence-corrected chi connectivity index (χ0v) is 23.9. The molecule has 0 spiro atoms. The van der Waals surface area contributed by atoms with E-state index in [1.54, 1.807) is 0 Å². The van der Waals surface area contributed by atoms with Crippen LogP contribution in [0.3, 0.4) is 0 Å². The van der Waals surface area contributed by atoms with Crippen LogP contribution in [0.5, 0.6) is 0 Å². The first-order valence-corrected chi connectivity index (χ1v) is 15.5. The maximum Gasteiger partial charge on any atom is 0.249 e. The molecule has 37 heavy (non-hydrogen) atoms. The Bertz CT molecular complexity index is 889. The SMILES string of the molecule is C[C@@H](OC1CCC2C(C1)C1CC[NH2+]C3C4CCCCC4C(=O)N2C13)C(=O)NC1CC(C)(C)[NH2+]C(C)(C)C1. The second-order valence-electron chi connectivity index (χ2n) is 15.0. The normalized spacial score (nSPS) is 43.4. The summed E-state index contributed by atoms with van der Waals surface area (Å²) in [7, 11) is 0. The van der Waals surface area contributed by atoms with Crippen LogP contribution in [-0.4, -0.2) is 70.7 Å². The fraction of sp³-hybridized carbons (Fsp3) is 0.933. The smallest absolute Gasteiger partial charge is 0.249 e. The summed E-state index contributed by atoms with van der Waals surface area (Å²) in [5.74, 6) is 2.54. The number of nitrogens with one attached hydrogen (secondary N) is 1. The van der Waals surface area contributed by atoms with E-state index in [1.165, 1.54) is 32.2 Å². The standard InChI is InChI=1S/C30H50N4O3/c1-17(27(35)32-18-15-29(2,3)33-30(4,5)16-18)37-19-10-11-24-23(14-19)21-12-13-31-25-20-8-6-7-9-22(20)28(36)34(24)26(21)25/h17-26,31,33H,6-16H2,1-5H3,(H,32,35)/p+2/t17-,19?,20?,21?,22?,23?,24?,25?,26?/m1/s1. The highest BCUT2D eigenvalue weighted by Gasteiger charge is 2.63. The van der Waals surface area contributed by atoms with E-state index in [4.69, 9.17) is 4.74 Å². The maximum absolute atomic E-state index is 13.8. The molecule has 4 heterocycles. The third kappa shape index (κ3) is 4.75. The fourth-order valence-corrected chi connectivity index (χ4v) is 10.4. The molecule has 0 aromatic rings. The van der Waals surface area contributed by atoms with Crippen LogP contribution in [0, 0.1) is 23.7 Å². The lowest BCUT2D eigenvalue weighted by atomic mass is 9.66. The van der Waals surface area contributed by atoms with Crippen LogP contribution in [0.2, 0.25) is 0 Å². The van der Waals surface area contributed by atoms with E-state index in [1.807, 2.05) is 6.92 Å².